The molecule has 0 bridgehead atoms. The quantitative estimate of drug-likeness (QED) is 0.823. The molecule has 1 aromatic carbocycles. The predicted molar refractivity (Wildman–Crippen MR) is 95.6 cm³/mol. The van der Waals surface area contributed by atoms with E-state index >= 15 is 0 Å². The lowest BCUT2D eigenvalue weighted by atomic mass is 9.92. The number of nitrogens with two attached hydrogens (primary N) is 1. The average molecular weight is 348 g/mol. The number of ether oxygens (including phenoxy) is 3. The fourth-order valence-corrected chi connectivity index (χ4v) is 3.28. The van der Waals surface area contributed by atoms with E-state index < -0.39 is 6.04 Å². The number of amides is 1. The van der Waals surface area contributed by atoms with Gasteiger partial charge in [0.05, 0.1) is 12.6 Å². The van der Waals surface area contributed by atoms with Crippen molar-refractivity contribution in [2.45, 2.75) is 31.7 Å². The maximum absolute atomic E-state index is 12.3. The van der Waals surface area contributed by atoms with Crippen molar-refractivity contribution in [2.24, 2.45) is 17.6 Å². The Morgan fingerprint density at radius 2 is 1.68 bits per heavy atom. The Bertz CT molecular complexity index is 537. The van der Waals surface area contributed by atoms with E-state index in [9.17, 15) is 4.79 Å². The first kappa shape index (κ1) is 18.2. The lowest BCUT2D eigenvalue weighted by molar-refractivity contribution is -0.119. The van der Waals surface area contributed by atoms with Gasteiger partial charge in [0.25, 0.3) is 0 Å². The maximum Gasteiger partial charge on any atom is 0.241 e. The molecule has 1 aromatic rings. The molecule has 2 saturated heterocycles. The van der Waals surface area contributed by atoms with Crippen molar-refractivity contribution in [3.05, 3.63) is 24.3 Å². The lowest BCUT2D eigenvalue weighted by Crippen LogP contribution is -2.43. The summed E-state index contributed by atoms with van der Waals surface area (Å²) in [5.41, 5.74) is 6.84. The lowest BCUT2D eigenvalue weighted by Gasteiger charge is -2.26. The van der Waals surface area contributed by atoms with Crippen LogP contribution in [0.2, 0.25) is 0 Å². The van der Waals surface area contributed by atoms with Crippen LogP contribution in [0.15, 0.2) is 24.3 Å². The number of nitrogens with one attached hydrogen (secondary N) is 1. The van der Waals surface area contributed by atoms with Crippen molar-refractivity contribution in [1.82, 2.24) is 0 Å². The molecule has 1 atom stereocenters. The van der Waals surface area contributed by atoms with Crippen molar-refractivity contribution in [1.29, 1.82) is 0 Å². The third kappa shape index (κ3) is 5.42. The first-order chi connectivity index (χ1) is 12.2. The van der Waals surface area contributed by atoms with Gasteiger partial charge in [-0.2, -0.15) is 0 Å². The number of rotatable bonds is 6. The van der Waals surface area contributed by atoms with E-state index in [1.807, 2.05) is 24.3 Å². The topological polar surface area (TPSA) is 82.8 Å². The normalized spacial score (nSPS) is 20.8. The van der Waals surface area contributed by atoms with Crippen LogP contribution in [0.25, 0.3) is 0 Å². The van der Waals surface area contributed by atoms with Gasteiger partial charge in [0, 0.05) is 32.1 Å². The molecule has 3 N–H and O–H groups in total. The molecular weight excluding hydrogens is 320 g/mol. The Kier molecular flexibility index (Phi) is 6.67. The molecule has 6 nitrogen and oxygen atoms in total. The molecular formula is C19H28N2O4. The Balaban J connectivity index is 1.45. The van der Waals surface area contributed by atoms with E-state index in [0.717, 1.165) is 50.3 Å². The Labute approximate surface area is 149 Å². The van der Waals surface area contributed by atoms with Crippen LogP contribution in [0.3, 0.4) is 0 Å². The summed E-state index contributed by atoms with van der Waals surface area (Å²) in [6, 6.07) is 6.99. The summed E-state index contributed by atoms with van der Waals surface area (Å²) >= 11 is 0. The second kappa shape index (κ2) is 9.17. The standard InChI is InChI=1S/C19H28N2O4/c20-18(15-7-11-24-12-8-15)19(22)21-16-1-3-17(4-2-16)25-13-14-5-9-23-10-6-14/h1-4,14-15,18H,5-13,20H2,(H,21,22). The van der Waals surface area contributed by atoms with E-state index in [2.05, 4.69) is 5.32 Å². The molecule has 3 rings (SSSR count). The van der Waals surface area contributed by atoms with Gasteiger partial charge in [-0.1, -0.05) is 0 Å². The zero-order chi connectivity index (χ0) is 17.5. The number of anilines is 1. The van der Waals surface area contributed by atoms with Gasteiger partial charge in [0.2, 0.25) is 5.91 Å². The van der Waals surface area contributed by atoms with Gasteiger partial charge >= 0.3 is 0 Å². The van der Waals surface area contributed by atoms with Gasteiger partial charge in [0.1, 0.15) is 5.75 Å². The van der Waals surface area contributed by atoms with E-state index in [1.165, 1.54) is 0 Å². The van der Waals surface area contributed by atoms with Crippen LogP contribution < -0.4 is 15.8 Å². The third-order valence-corrected chi connectivity index (χ3v) is 5.03. The van der Waals surface area contributed by atoms with Crippen LogP contribution in [0.1, 0.15) is 25.7 Å². The van der Waals surface area contributed by atoms with Crippen molar-refractivity contribution in [2.75, 3.05) is 38.4 Å². The van der Waals surface area contributed by atoms with Gasteiger partial charge in [-0.3, -0.25) is 4.79 Å². The molecule has 6 heteroatoms. The molecule has 25 heavy (non-hydrogen) atoms. The van der Waals surface area contributed by atoms with Gasteiger partial charge < -0.3 is 25.3 Å². The fourth-order valence-electron chi connectivity index (χ4n) is 3.28. The minimum Gasteiger partial charge on any atom is -0.493 e. The van der Waals surface area contributed by atoms with Gasteiger partial charge in [-0.25, -0.2) is 0 Å². The van der Waals surface area contributed by atoms with Crippen molar-refractivity contribution < 1.29 is 19.0 Å². The number of hydrogen-bond donors (Lipinski definition) is 2. The Hall–Kier alpha value is -1.63. The van der Waals surface area contributed by atoms with Gasteiger partial charge in [-0.05, 0) is 61.8 Å². The molecule has 0 aliphatic carbocycles. The average Bonchev–Trinajstić information content (AvgIpc) is 2.68. The van der Waals surface area contributed by atoms with Crippen LogP contribution in [0.5, 0.6) is 5.75 Å². The van der Waals surface area contributed by atoms with Gasteiger partial charge in [0.15, 0.2) is 0 Å². The van der Waals surface area contributed by atoms with Crippen molar-refractivity contribution in [3.8, 4) is 5.75 Å². The van der Waals surface area contributed by atoms with E-state index in [0.29, 0.717) is 25.7 Å². The number of hydrogen-bond acceptors (Lipinski definition) is 5. The van der Waals surface area contributed by atoms with Crippen LogP contribution in [0, 0.1) is 11.8 Å². The first-order valence-corrected chi connectivity index (χ1v) is 9.17. The highest BCUT2D eigenvalue weighted by molar-refractivity contribution is 5.94. The van der Waals surface area contributed by atoms with E-state index in [4.69, 9.17) is 19.9 Å². The summed E-state index contributed by atoms with van der Waals surface area (Å²) in [4.78, 5) is 12.3. The highest BCUT2D eigenvalue weighted by atomic mass is 16.5. The molecule has 1 unspecified atom stereocenters. The smallest absolute Gasteiger partial charge is 0.241 e. The van der Waals surface area contributed by atoms with Crippen LogP contribution in [-0.2, 0) is 14.3 Å². The molecule has 2 aliphatic rings. The van der Waals surface area contributed by atoms with Gasteiger partial charge in [-0.15, -0.1) is 0 Å². The largest absolute Gasteiger partial charge is 0.493 e. The van der Waals surface area contributed by atoms with Crippen LogP contribution >= 0.6 is 0 Å². The Morgan fingerprint density at radius 3 is 2.32 bits per heavy atom. The molecule has 138 valence electrons. The summed E-state index contributed by atoms with van der Waals surface area (Å²) < 4.78 is 16.5. The first-order valence-electron chi connectivity index (χ1n) is 9.17. The van der Waals surface area contributed by atoms with Crippen LogP contribution in [0.4, 0.5) is 5.69 Å². The number of benzene rings is 1. The highest BCUT2D eigenvalue weighted by Crippen LogP contribution is 2.21. The summed E-state index contributed by atoms with van der Waals surface area (Å²) in [7, 11) is 0. The summed E-state index contributed by atoms with van der Waals surface area (Å²) in [6.07, 6.45) is 3.79. The monoisotopic (exact) mass is 348 g/mol. The molecule has 0 radical (unpaired) electrons. The van der Waals surface area contributed by atoms with Crippen LogP contribution in [-0.4, -0.2) is 45.0 Å². The summed E-state index contributed by atoms with van der Waals surface area (Å²) in [5.74, 6) is 1.43. The SMILES string of the molecule is NC(C(=O)Nc1ccc(OCC2CCOCC2)cc1)C1CCOCC1. The third-order valence-electron chi connectivity index (χ3n) is 5.03. The molecule has 2 heterocycles. The molecule has 0 saturated carbocycles. The molecule has 0 spiro atoms. The molecule has 1 amide bonds. The second-order valence-electron chi connectivity index (χ2n) is 6.86. The predicted octanol–water partition coefficient (Wildman–Crippen LogP) is 2.18. The van der Waals surface area contributed by atoms with E-state index in [1.54, 1.807) is 0 Å². The van der Waals surface area contributed by atoms with E-state index in [-0.39, 0.29) is 11.8 Å². The van der Waals surface area contributed by atoms with Crippen molar-refractivity contribution >= 4 is 11.6 Å². The minimum atomic E-state index is -0.492. The fraction of sp³-hybridized carbons (Fsp3) is 0.632. The molecule has 2 aliphatic heterocycles. The number of carbonyl (C=O) groups is 1. The second-order valence-corrected chi connectivity index (χ2v) is 6.86. The molecule has 0 aromatic heterocycles. The maximum atomic E-state index is 12.3. The van der Waals surface area contributed by atoms with Crippen molar-refractivity contribution in [3.63, 3.8) is 0 Å². The Morgan fingerprint density at radius 1 is 1.08 bits per heavy atom. The highest BCUT2D eigenvalue weighted by Gasteiger charge is 2.26. The zero-order valence-corrected chi connectivity index (χ0v) is 14.6. The summed E-state index contributed by atoms with van der Waals surface area (Å²) in [6.45, 7) is 3.73. The number of carbonyl (C=O) groups excluding carboxylic acids is 1. The minimum absolute atomic E-state index is 0.136. The summed E-state index contributed by atoms with van der Waals surface area (Å²) in [5, 5.41) is 2.89. The zero-order valence-electron chi connectivity index (χ0n) is 14.6. The molecule has 2 fully saturated rings.